The van der Waals surface area contributed by atoms with Crippen LogP contribution in [0.15, 0.2) is 12.3 Å². The van der Waals surface area contributed by atoms with Crippen molar-refractivity contribution in [2.45, 2.75) is 37.8 Å². The van der Waals surface area contributed by atoms with E-state index in [9.17, 15) is 4.39 Å². The number of aromatic nitrogens is 1. The smallest absolute Gasteiger partial charge is 0.250 e. The Hall–Kier alpha value is -0.870. The van der Waals surface area contributed by atoms with E-state index in [0.29, 0.717) is 0 Å². The van der Waals surface area contributed by atoms with Crippen molar-refractivity contribution in [1.29, 1.82) is 0 Å². The second kappa shape index (κ2) is 4.97. The third-order valence-electron chi connectivity index (χ3n) is 2.79. The molecule has 1 aromatic rings. The summed E-state index contributed by atoms with van der Waals surface area (Å²) in [6.07, 6.45) is 5.17. The molecule has 0 amide bonds. The SMILES string of the molecule is NC1CCCCC1Oc1ncc(Cl)cc1F. The maximum Gasteiger partial charge on any atom is 0.250 e. The van der Waals surface area contributed by atoms with Gasteiger partial charge in [-0.3, -0.25) is 0 Å². The van der Waals surface area contributed by atoms with Crippen molar-refractivity contribution < 1.29 is 9.13 Å². The summed E-state index contributed by atoms with van der Waals surface area (Å²) in [6, 6.07) is 1.16. The van der Waals surface area contributed by atoms with Crippen LogP contribution in [0.4, 0.5) is 4.39 Å². The second-order valence-electron chi connectivity index (χ2n) is 4.05. The molecule has 88 valence electrons. The van der Waals surface area contributed by atoms with Gasteiger partial charge in [0.25, 0.3) is 5.88 Å². The van der Waals surface area contributed by atoms with Crippen molar-refractivity contribution in [2.24, 2.45) is 5.73 Å². The van der Waals surface area contributed by atoms with Crippen LogP contribution in [0, 0.1) is 5.82 Å². The highest BCUT2D eigenvalue weighted by Crippen LogP contribution is 2.24. The van der Waals surface area contributed by atoms with E-state index in [2.05, 4.69) is 4.98 Å². The van der Waals surface area contributed by atoms with Crippen LogP contribution in [0.5, 0.6) is 5.88 Å². The molecule has 0 radical (unpaired) electrons. The Labute approximate surface area is 98.8 Å². The molecule has 2 atom stereocenters. The molecule has 0 aromatic carbocycles. The van der Waals surface area contributed by atoms with E-state index >= 15 is 0 Å². The number of nitrogens with two attached hydrogens (primary N) is 1. The summed E-state index contributed by atoms with van der Waals surface area (Å²) < 4.78 is 18.9. The monoisotopic (exact) mass is 244 g/mol. The molecule has 1 heterocycles. The number of nitrogens with zero attached hydrogens (tertiary/aromatic N) is 1. The van der Waals surface area contributed by atoms with Gasteiger partial charge in [-0.05, 0) is 25.3 Å². The molecule has 0 aliphatic heterocycles. The number of pyridine rings is 1. The summed E-state index contributed by atoms with van der Waals surface area (Å²) in [4.78, 5) is 3.82. The Balaban J connectivity index is 2.07. The molecule has 2 rings (SSSR count). The fraction of sp³-hybridized carbons (Fsp3) is 0.545. The van der Waals surface area contributed by atoms with E-state index in [1.165, 1.54) is 12.3 Å². The predicted molar refractivity (Wildman–Crippen MR) is 60.1 cm³/mol. The number of ether oxygens (including phenoxy) is 1. The third kappa shape index (κ3) is 2.62. The minimum absolute atomic E-state index is 0.00764. The fourth-order valence-electron chi connectivity index (χ4n) is 1.90. The van der Waals surface area contributed by atoms with Crippen molar-refractivity contribution in [3.63, 3.8) is 0 Å². The molecule has 2 N–H and O–H groups in total. The second-order valence-corrected chi connectivity index (χ2v) is 4.48. The van der Waals surface area contributed by atoms with Crippen molar-refractivity contribution in [1.82, 2.24) is 4.98 Å². The first-order valence-corrected chi connectivity index (χ1v) is 5.78. The summed E-state index contributed by atoms with van der Waals surface area (Å²) >= 11 is 5.61. The molecular formula is C11H14ClFN2O. The topological polar surface area (TPSA) is 48.1 Å². The average Bonchev–Trinajstić information content (AvgIpc) is 2.25. The van der Waals surface area contributed by atoms with Crippen LogP contribution >= 0.6 is 11.6 Å². The van der Waals surface area contributed by atoms with Crippen molar-refractivity contribution in [3.05, 3.63) is 23.1 Å². The summed E-state index contributed by atoms with van der Waals surface area (Å²) in [7, 11) is 0. The fourth-order valence-corrected chi connectivity index (χ4v) is 2.05. The van der Waals surface area contributed by atoms with Gasteiger partial charge >= 0.3 is 0 Å². The summed E-state index contributed by atoms with van der Waals surface area (Å²) in [5.41, 5.74) is 5.91. The lowest BCUT2D eigenvalue weighted by atomic mass is 9.93. The van der Waals surface area contributed by atoms with Gasteiger partial charge in [-0.25, -0.2) is 9.37 Å². The molecule has 1 aliphatic rings. The highest BCUT2D eigenvalue weighted by molar-refractivity contribution is 6.30. The first-order chi connectivity index (χ1) is 7.66. The normalized spacial score (nSPS) is 25.4. The maximum atomic E-state index is 13.4. The van der Waals surface area contributed by atoms with Gasteiger partial charge in [0.2, 0.25) is 0 Å². The van der Waals surface area contributed by atoms with Gasteiger partial charge in [0.15, 0.2) is 5.82 Å². The number of hydrogen-bond acceptors (Lipinski definition) is 3. The van der Waals surface area contributed by atoms with E-state index in [1.54, 1.807) is 0 Å². The Morgan fingerprint density at radius 3 is 2.88 bits per heavy atom. The minimum Gasteiger partial charge on any atom is -0.471 e. The van der Waals surface area contributed by atoms with Crippen LogP contribution in [-0.2, 0) is 0 Å². The zero-order valence-corrected chi connectivity index (χ0v) is 9.58. The summed E-state index contributed by atoms with van der Waals surface area (Å²) in [6.45, 7) is 0. The maximum absolute atomic E-state index is 13.4. The zero-order valence-electron chi connectivity index (χ0n) is 8.83. The van der Waals surface area contributed by atoms with Crippen LogP contribution in [0.1, 0.15) is 25.7 Å². The molecule has 1 fully saturated rings. The van der Waals surface area contributed by atoms with Crippen LogP contribution in [0.2, 0.25) is 5.02 Å². The highest BCUT2D eigenvalue weighted by Gasteiger charge is 2.24. The molecule has 0 spiro atoms. The van der Waals surface area contributed by atoms with Crippen LogP contribution in [0.3, 0.4) is 0 Å². The standard InChI is InChI=1S/C11H14ClFN2O/c12-7-5-8(13)11(15-6-7)16-10-4-2-1-3-9(10)14/h5-6,9-10H,1-4,14H2. The van der Waals surface area contributed by atoms with Gasteiger partial charge in [-0.2, -0.15) is 0 Å². The molecule has 5 heteroatoms. The molecule has 3 nitrogen and oxygen atoms in total. The number of rotatable bonds is 2. The Morgan fingerprint density at radius 2 is 2.19 bits per heavy atom. The summed E-state index contributed by atoms with van der Waals surface area (Å²) in [5, 5.41) is 0.262. The lowest BCUT2D eigenvalue weighted by molar-refractivity contribution is 0.121. The van der Waals surface area contributed by atoms with E-state index in [4.69, 9.17) is 22.1 Å². The largest absolute Gasteiger partial charge is 0.471 e. The van der Waals surface area contributed by atoms with E-state index in [0.717, 1.165) is 25.7 Å². The van der Waals surface area contributed by atoms with Gasteiger partial charge in [0.05, 0.1) is 5.02 Å². The van der Waals surface area contributed by atoms with E-state index < -0.39 is 5.82 Å². The third-order valence-corrected chi connectivity index (χ3v) is 3.00. The first-order valence-electron chi connectivity index (χ1n) is 5.40. The Kier molecular flexibility index (Phi) is 3.61. The number of halogens is 2. The van der Waals surface area contributed by atoms with Gasteiger partial charge in [-0.1, -0.05) is 18.0 Å². The van der Waals surface area contributed by atoms with Crippen molar-refractivity contribution >= 4 is 11.6 Å². The minimum atomic E-state index is -0.537. The predicted octanol–water partition coefficient (Wildman–Crippen LogP) is 2.52. The molecule has 16 heavy (non-hydrogen) atoms. The lowest BCUT2D eigenvalue weighted by Crippen LogP contribution is -2.41. The molecular weight excluding hydrogens is 231 g/mol. The zero-order chi connectivity index (χ0) is 11.5. The summed E-state index contributed by atoms with van der Waals surface area (Å²) in [5.74, 6) is -0.544. The average molecular weight is 245 g/mol. The van der Waals surface area contributed by atoms with E-state index in [-0.39, 0.29) is 23.0 Å². The van der Waals surface area contributed by atoms with Gasteiger partial charge in [-0.15, -0.1) is 0 Å². The van der Waals surface area contributed by atoms with Crippen LogP contribution in [0.25, 0.3) is 0 Å². The molecule has 1 aromatic heterocycles. The molecule has 0 bridgehead atoms. The van der Waals surface area contributed by atoms with Gasteiger partial charge in [0.1, 0.15) is 6.10 Å². The highest BCUT2D eigenvalue weighted by atomic mass is 35.5. The molecule has 0 saturated heterocycles. The Bertz CT molecular complexity index is 375. The van der Waals surface area contributed by atoms with E-state index in [1.807, 2.05) is 0 Å². The number of hydrogen-bond donors (Lipinski definition) is 1. The van der Waals surface area contributed by atoms with Crippen molar-refractivity contribution in [3.8, 4) is 5.88 Å². The Morgan fingerprint density at radius 1 is 1.44 bits per heavy atom. The quantitative estimate of drug-likeness (QED) is 0.870. The lowest BCUT2D eigenvalue weighted by Gasteiger charge is -2.28. The van der Waals surface area contributed by atoms with Gasteiger partial charge < -0.3 is 10.5 Å². The van der Waals surface area contributed by atoms with Gasteiger partial charge in [0, 0.05) is 12.2 Å². The van der Waals surface area contributed by atoms with Crippen LogP contribution < -0.4 is 10.5 Å². The molecule has 2 unspecified atom stereocenters. The first kappa shape index (κ1) is 11.6. The van der Waals surface area contributed by atoms with Crippen LogP contribution in [-0.4, -0.2) is 17.1 Å². The molecule has 1 saturated carbocycles. The molecule has 1 aliphatic carbocycles. The van der Waals surface area contributed by atoms with Crippen molar-refractivity contribution in [2.75, 3.05) is 0 Å².